The molecule has 0 aromatic heterocycles. The molecule has 1 atom stereocenters. The molecule has 1 aromatic carbocycles. The highest BCUT2D eigenvalue weighted by Crippen LogP contribution is 2.14. The molecule has 0 amide bonds. The van der Waals surface area contributed by atoms with Crippen molar-refractivity contribution < 1.29 is 14.2 Å². The predicted octanol–water partition coefficient (Wildman–Crippen LogP) is 2.42. The Labute approximate surface area is 126 Å². The van der Waals surface area contributed by atoms with Gasteiger partial charge in [-0.25, -0.2) is 4.39 Å². The van der Waals surface area contributed by atoms with Gasteiger partial charge in [-0.3, -0.25) is 4.90 Å². The van der Waals surface area contributed by atoms with Crippen LogP contribution in [0.4, 0.5) is 4.39 Å². The monoisotopic (exact) mass is 293 g/mol. The number of nitrogens with zero attached hydrogens (tertiary/aromatic N) is 1. The topological polar surface area (TPSA) is 32.7 Å². The summed E-state index contributed by atoms with van der Waals surface area (Å²) in [5.74, 6) is 5.00. The van der Waals surface area contributed by atoms with E-state index in [0.717, 1.165) is 18.5 Å². The van der Waals surface area contributed by atoms with Crippen LogP contribution in [0.1, 0.15) is 31.4 Å². The first-order valence-electron chi connectivity index (χ1n) is 7.22. The van der Waals surface area contributed by atoms with Gasteiger partial charge in [0, 0.05) is 31.8 Å². The van der Waals surface area contributed by atoms with Crippen molar-refractivity contribution in [2.24, 2.45) is 0 Å². The minimum atomic E-state index is -0.300. The number of ether oxygens (including phenoxy) is 1. The van der Waals surface area contributed by atoms with Crippen molar-refractivity contribution in [3.8, 4) is 11.8 Å². The summed E-state index contributed by atoms with van der Waals surface area (Å²) in [6.07, 6.45) is 1.02. The van der Waals surface area contributed by atoms with Gasteiger partial charge in [0.25, 0.3) is 0 Å². The zero-order valence-electron chi connectivity index (χ0n) is 13.0. The number of halogens is 1. The fraction of sp³-hybridized carbons (Fsp3) is 0.529. The Balaban J connectivity index is 2.89. The van der Waals surface area contributed by atoms with E-state index in [4.69, 9.17) is 9.84 Å². The summed E-state index contributed by atoms with van der Waals surface area (Å²) in [5.41, 5.74) is 1.48. The van der Waals surface area contributed by atoms with Crippen molar-refractivity contribution in [2.75, 3.05) is 26.9 Å². The molecule has 0 aliphatic carbocycles. The number of benzene rings is 1. The number of methoxy groups -OCH3 is 1. The highest BCUT2D eigenvalue weighted by molar-refractivity contribution is 5.37. The Morgan fingerprint density at radius 1 is 1.38 bits per heavy atom. The van der Waals surface area contributed by atoms with E-state index in [1.807, 2.05) is 6.07 Å². The minimum absolute atomic E-state index is 0.224. The van der Waals surface area contributed by atoms with Crippen molar-refractivity contribution in [2.45, 2.75) is 32.9 Å². The third-order valence-corrected chi connectivity index (χ3v) is 3.45. The fourth-order valence-electron chi connectivity index (χ4n) is 2.11. The highest BCUT2D eigenvalue weighted by Gasteiger charge is 2.13. The zero-order valence-corrected chi connectivity index (χ0v) is 13.0. The van der Waals surface area contributed by atoms with E-state index in [2.05, 4.69) is 30.6 Å². The number of hydrogen-bond donors (Lipinski definition) is 1. The van der Waals surface area contributed by atoms with Gasteiger partial charge in [0.05, 0.1) is 6.61 Å². The molecule has 1 unspecified atom stereocenters. The average molecular weight is 293 g/mol. The molecule has 3 nitrogen and oxygen atoms in total. The van der Waals surface area contributed by atoms with Crippen LogP contribution < -0.4 is 0 Å². The Morgan fingerprint density at radius 3 is 2.76 bits per heavy atom. The van der Waals surface area contributed by atoms with Crippen LogP contribution in [0.2, 0.25) is 0 Å². The number of aliphatic hydroxyl groups excluding tert-OH is 1. The maximum atomic E-state index is 13.7. The predicted molar refractivity (Wildman–Crippen MR) is 82.4 cm³/mol. The number of aliphatic hydroxyl groups is 1. The Morgan fingerprint density at radius 2 is 2.14 bits per heavy atom. The second-order valence-electron chi connectivity index (χ2n) is 5.03. The molecule has 21 heavy (non-hydrogen) atoms. The molecule has 4 heteroatoms. The lowest BCUT2D eigenvalue weighted by Gasteiger charge is -2.28. The van der Waals surface area contributed by atoms with Crippen LogP contribution in [0, 0.1) is 17.7 Å². The van der Waals surface area contributed by atoms with Crippen LogP contribution in [0.5, 0.6) is 0 Å². The maximum Gasteiger partial charge on any atom is 0.124 e. The quantitative estimate of drug-likeness (QED) is 0.784. The summed E-state index contributed by atoms with van der Waals surface area (Å²) < 4.78 is 18.8. The van der Waals surface area contributed by atoms with Crippen molar-refractivity contribution in [3.63, 3.8) is 0 Å². The third-order valence-electron chi connectivity index (χ3n) is 3.45. The number of hydrogen-bond acceptors (Lipinski definition) is 3. The molecule has 0 spiro atoms. The van der Waals surface area contributed by atoms with Crippen LogP contribution in [-0.2, 0) is 11.3 Å². The molecule has 0 bridgehead atoms. The van der Waals surface area contributed by atoms with Crippen molar-refractivity contribution in [1.29, 1.82) is 0 Å². The summed E-state index contributed by atoms with van der Waals surface area (Å²) in [6.45, 7) is 6.18. The fourth-order valence-corrected chi connectivity index (χ4v) is 2.11. The summed E-state index contributed by atoms with van der Waals surface area (Å²) in [5, 5.41) is 8.72. The highest BCUT2D eigenvalue weighted by atomic mass is 19.1. The minimum Gasteiger partial charge on any atom is -0.384 e. The van der Waals surface area contributed by atoms with Crippen LogP contribution in [0.25, 0.3) is 0 Å². The average Bonchev–Trinajstić information content (AvgIpc) is 2.48. The first-order chi connectivity index (χ1) is 10.1. The van der Waals surface area contributed by atoms with Gasteiger partial charge in [-0.1, -0.05) is 18.8 Å². The van der Waals surface area contributed by atoms with Crippen LogP contribution in [0.15, 0.2) is 18.2 Å². The van der Waals surface area contributed by atoms with Gasteiger partial charge in [0.2, 0.25) is 0 Å². The van der Waals surface area contributed by atoms with E-state index in [0.29, 0.717) is 24.8 Å². The van der Waals surface area contributed by atoms with Crippen LogP contribution >= 0.6 is 0 Å². The normalized spacial score (nSPS) is 12.1. The summed E-state index contributed by atoms with van der Waals surface area (Å²) in [6, 6.07) is 5.19. The molecule has 116 valence electrons. The molecular formula is C17H24FNO2. The molecule has 1 rings (SSSR count). The second kappa shape index (κ2) is 9.51. The molecule has 1 N–H and O–H groups in total. The molecule has 0 aliphatic rings. The van der Waals surface area contributed by atoms with E-state index in [-0.39, 0.29) is 12.4 Å². The molecule has 0 aliphatic heterocycles. The standard InChI is InChI=1S/C17H24FNO2/c1-4-14(2)19(7-9-21-3)13-16-10-15(6-5-8-20)11-17(18)12-16/h10-12,14,20H,4,7-9,13H2,1-3H3. The lowest BCUT2D eigenvalue weighted by atomic mass is 10.1. The lowest BCUT2D eigenvalue weighted by molar-refractivity contribution is 0.118. The smallest absolute Gasteiger partial charge is 0.124 e. The Hall–Kier alpha value is -1.41. The van der Waals surface area contributed by atoms with Crippen molar-refractivity contribution in [1.82, 2.24) is 4.90 Å². The Bertz CT molecular complexity index is 493. The first kappa shape index (κ1) is 17.6. The summed E-state index contributed by atoms with van der Waals surface area (Å²) >= 11 is 0. The van der Waals surface area contributed by atoms with E-state index in [1.165, 1.54) is 12.1 Å². The van der Waals surface area contributed by atoms with E-state index in [9.17, 15) is 4.39 Å². The van der Waals surface area contributed by atoms with E-state index in [1.54, 1.807) is 7.11 Å². The molecule has 0 radical (unpaired) electrons. The van der Waals surface area contributed by atoms with Crippen molar-refractivity contribution >= 4 is 0 Å². The Kier molecular flexibility index (Phi) is 7.99. The first-order valence-corrected chi connectivity index (χ1v) is 7.22. The second-order valence-corrected chi connectivity index (χ2v) is 5.03. The maximum absolute atomic E-state index is 13.7. The van der Waals surface area contributed by atoms with E-state index < -0.39 is 0 Å². The molecule has 0 saturated heterocycles. The van der Waals surface area contributed by atoms with Crippen LogP contribution in [0.3, 0.4) is 0 Å². The molecule has 0 heterocycles. The molecule has 1 aromatic rings. The SMILES string of the molecule is CCC(C)N(CCOC)Cc1cc(F)cc(C#CCO)c1. The summed E-state index contributed by atoms with van der Waals surface area (Å²) in [4.78, 5) is 2.27. The molecular weight excluding hydrogens is 269 g/mol. The molecule has 0 saturated carbocycles. The zero-order chi connectivity index (χ0) is 15.7. The van der Waals surface area contributed by atoms with Gasteiger partial charge < -0.3 is 9.84 Å². The van der Waals surface area contributed by atoms with Gasteiger partial charge in [-0.15, -0.1) is 0 Å². The number of rotatable bonds is 7. The van der Waals surface area contributed by atoms with Crippen LogP contribution in [-0.4, -0.2) is 42.9 Å². The largest absolute Gasteiger partial charge is 0.384 e. The van der Waals surface area contributed by atoms with Gasteiger partial charge >= 0.3 is 0 Å². The van der Waals surface area contributed by atoms with E-state index >= 15 is 0 Å². The van der Waals surface area contributed by atoms with Crippen molar-refractivity contribution in [3.05, 3.63) is 35.1 Å². The molecule has 0 fully saturated rings. The van der Waals surface area contributed by atoms with Gasteiger partial charge in [-0.2, -0.15) is 0 Å². The van der Waals surface area contributed by atoms with Gasteiger partial charge in [0.15, 0.2) is 0 Å². The van der Waals surface area contributed by atoms with Gasteiger partial charge in [0.1, 0.15) is 12.4 Å². The van der Waals surface area contributed by atoms with Gasteiger partial charge in [-0.05, 0) is 37.1 Å². The lowest BCUT2D eigenvalue weighted by Crippen LogP contribution is -2.34. The third kappa shape index (κ3) is 6.26. The summed E-state index contributed by atoms with van der Waals surface area (Å²) in [7, 11) is 1.68.